The molecule has 1 aromatic heterocycles. The van der Waals surface area contributed by atoms with Gasteiger partial charge in [-0.15, -0.1) is 10.2 Å². The van der Waals surface area contributed by atoms with Crippen molar-refractivity contribution in [1.29, 1.82) is 0 Å². The van der Waals surface area contributed by atoms with Gasteiger partial charge < -0.3 is 19.8 Å². The summed E-state index contributed by atoms with van der Waals surface area (Å²) in [5, 5.41) is 28.0. The number of aliphatic hydroxyl groups is 1. The van der Waals surface area contributed by atoms with E-state index in [0.717, 1.165) is 30.4 Å². The molecule has 0 spiro atoms. The molecular weight excluding hydrogens is 356 g/mol. The van der Waals surface area contributed by atoms with Crippen LogP contribution in [-0.4, -0.2) is 52.8 Å². The number of hydrogen-bond donors (Lipinski definition) is 2. The van der Waals surface area contributed by atoms with Gasteiger partial charge in [0.2, 0.25) is 0 Å². The fourth-order valence-electron chi connectivity index (χ4n) is 3.80. The number of fused-ring (bicyclic) bond motifs is 1. The van der Waals surface area contributed by atoms with Crippen LogP contribution in [0.15, 0.2) is 18.2 Å². The third-order valence-corrected chi connectivity index (χ3v) is 5.22. The molecule has 0 saturated carbocycles. The first-order chi connectivity index (χ1) is 13.1. The van der Waals surface area contributed by atoms with E-state index in [2.05, 4.69) is 10.2 Å². The van der Waals surface area contributed by atoms with Crippen molar-refractivity contribution in [3.63, 3.8) is 0 Å². The number of aromatic hydroxyl groups is 1. The second-order valence-corrected chi connectivity index (χ2v) is 6.88. The minimum Gasteiger partial charge on any atom is -0.507 e. The highest BCUT2D eigenvalue weighted by molar-refractivity contribution is 5.73. The summed E-state index contributed by atoms with van der Waals surface area (Å²) in [5.74, 6) is 0.345. The smallest absolute Gasteiger partial charge is 0.266 e. The van der Waals surface area contributed by atoms with Gasteiger partial charge in [-0.25, -0.2) is 8.78 Å². The number of aryl methyl sites for hydroxylation is 1. The monoisotopic (exact) mass is 377 g/mol. The highest BCUT2D eigenvalue weighted by Crippen LogP contribution is 2.41. The molecule has 0 bridgehead atoms. The molecule has 0 unspecified atom stereocenters. The van der Waals surface area contributed by atoms with E-state index < -0.39 is 6.43 Å². The molecule has 2 aromatic rings. The maximum atomic E-state index is 13.8. The molecule has 2 heterocycles. The van der Waals surface area contributed by atoms with E-state index in [9.17, 15) is 19.0 Å². The summed E-state index contributed by atoms with van der Waals surface area (Å²) in [6, 6.07) is 4.83. The van der Waals surface area contributed by atoms with Gasteiger partial charge in [-0.3, -0.25) is 0 Å². The Morgan fingerprint density at radius 2 is 2.11 bits per heavy atom. The molecule has 1 fully saturated rings. The predicted octanol–water partition coefficient (Wildman–Crippen LogP) is 2.47. The number of alkyl halides is 2. The van der Waals surface area contributed by atoms with Crippen LogP contribution in [0.4, 0.5) is 14.6 Å². The van der Waals surface area contributed by atoms with Crippen LogP contribution < -0.4 is 4.90 Å². The van der Waals surface area contributed by atoms with E-state index in [0.29, 0.717) is 31.1 Å². The lowest BCUT2D eigenvalue weighted by molar-refractivity contribution is 0.00330. The second kappa shape index (κ2) is 7.36. The quantitative estimate of drug-likeness (QED) is 0.852. The number of benzene rings is 1. The fourth-order valence-corrected chi connectivity index (χ4v) is 3.80. The zero-order chi connectivity index (χ0) is 19.0. The Labute approximate surface area is 155 Å². The number of anilines is 1. The number of aromatic nitrogens is 2. The molecule has 1 aliphatic heterocycles. The van der Waals surface area contributed by atoms with Gasteiger partial charge in [-0.05, 0) is 42.5 Å². The Kier molecular flexibility index (Phi) is 4.92. The predicted molar refractivity (Wildman–Crippen MR) is 95.2 cm³/mol. The van der Waals surface area contributed by atoms with Gasteiger partial charge in [-0.1, -0.05) is 6.07 Å². The normalized spacial score (nSPS) is 19.6. The first-order valence-electron chi connectivity index (χ1n) is 9.05. The molecule has 2 N–H and O–H groups in total. The van der Waals surface area contributed by atoms with Crippen LogP contribution >= 0.6 is 0 Å². The van der Waals surface area contributed by atoms with Crippen LogP contribution in [-0.2, 0) is 17.6 Å². The molecule has 1 atom stereocenters. The Bertz CT molecular complexity index is 847. The van der Waals surface area contributed by atoms with Crippen LogP contribution in [0.25, 0.3) is 11.3 Å². The van der Waals surface area contributed by atoms with E-state index in [1.807, 2.05) is 6.07 Å². The molecule has 1 aromatic carbocycles. The van der Waals surface area contributed by atoms with E-state index in [1.54, 1.807) is 11.0 Å². The van der Waals surface area contributed by atoms with Crippen LogP contribution in [0, 0.1) is 0 Å². The average Bonchev–Trinajstić information content (AvgIpc) is 3.18. The first kappa shape index (κ1) is 18.1. The summed E-state index contributed by atoms with van der Waals surface area (Å²) in [5.41, 5.74) is 1.91. The van der Waals surface area contributed by atoms with Crippen molar-refractivity contribution in [2.45, 2.75) is 31.8 Å². The lowest BCUT2D eigenvalue weighted by Gasteiger charge is -2.32. The molecule has 1 aliphatic carbocycles. The summed E-state index contributed by atoms with van der Waals surface area (Å²) in [6.07, 6.45) is -0.561. The maximum Gasteiger partial charge on any atom is 0.266 e. The highest BCUT2D eigenvalue weighted by Gasteiger charge is 2.26. The lowest BCUT2D eigenvalue weighted by Crippen LogP contribution is -2.44. The molecule has 6 nitrogen and oxygen atoms in total. The summed E-state index contributed by atoms with van der Waals surface area (Å²) < 4.78 is 32.9. The van der Waals surface area contributed by atoms with Crippen molar-refractivity contribution >= 4 is 5.82 Å². The number of halogens is 2. The van der Waals surface area contributed by atoms with Crippen LogP contribution in [0.3, 0.4) is 0 Å². The van der Waals surface area contributed by atoms with Crippen LogP contribution in [0.1, 0.15) is 29.5 Å². The molecule has 27 heavy (non-hydrogen) atoms. The third-order valence-electron chi connectivity index (χ3n) is 5.22. The van der Waals surface area contributed by atoms with Crippen molar-refractivity contribution in [1.82, 2.24) is 10.2 Å². The number of phenolic OH excluding ortho intramolecular Hbond substituents is 1. The molecular formula is C19H21F2N3O3. The molecule has 8 heteroatoms. The van der Waals surface area contributed by atoms with Crippen molar-refractivity contribution in [3.05, 3.63) is 34.9 Å². The molecule has 0 amide bonds. The standard InChI is InChI=1S/C19H21F2N3O3/c20-19(21)15-8-16(24-6-7-27-12(9-24)10-25)22-23-17(15)14-5-4-11-2-1-3-13(11)18(14)26/h4-5,8,12,19,25-26H,1-3,6-7,9-10H2/t12-/m0/s1. The second-order valence-electron chi connectivity index (χ2n) is 6.88. The minimum absolute atomic E-state index is 0.00733. The van der Waals surface area contributed by atoms with Crippen molar-refractivity contribution in [2.75, 3.05) is 31.2 Å². The van der Waals surface area contributed by atoms with E-state index in [4.69, 9.17) is 4.74 Å². The van der Waals surface area contributed by atoms with Gasteiger partial charge in [0.1, 0.15) is 11.4 Å². The molecule has 0 radical (unpaired) electrons. The van der Waals surface area contributed by atoms with Crippen molar-refractivity contribution in [3.8, 4) is 17.0 Å². The molecule has 144 valence electrons. The van der Waals surface area contributed by atoms with Gasteiger partial charge in [-0.2, -0.15) is 0 Å². The molecule has 2 aliphatic rings. The number of ether oxygens (including phenoxy) is 1. The number of nitrogens with zero attached hydrogens (tertiary/aromatic N) is 3. The van der Waals surface area contributed by atoms with Gasteiger partial charge in [0.25, 0.3) is 6.43 Å². The molecule has 4 rings (SSSR count). The Balaban J connectivity index is 1.72. The Morgan fingerprint density at radius 1 is 1.26 bits per heavy atom. The van der Waals surface area contributed by atoms with Gasteiger partial charge >= 0.3 is 0 Å². The van der Waals surface area contributed by atoms with Gasteiger partial charge in [0.05, 0.1) is 19.3 Å². The van der Waals surface area contributed by atoms with Crippen LogP contribution in [0.2, 0.25) is 0 Å². The number of morpholine rings is 1. The Morgan fingerprint density at radius 3 is 2.89 bits per heavy atom. The summed E-state index contributed by atoms with van der Waals surface area (Å²) in [6.45, 7) is 1.07. The number of phenols is 1. The fraction of sp³-hybridized carbons (Fsp3) is 0.474. The van der Waals surface area contributed by atoms with Gasteiger partial charge in [0.15, 0.2) is 5.82 Å². The maximum absolute atomic E-state index is 13.8. The summed E-state index contributed by atoms with van der Waals surface area (Å²) in [4.78, 5) is 1.77. The largest absolute Gasteiger partial charge is 0.507 e. The summed E-state index contributed by atoms with van der Waals surface area (Å²) >= 11 is 0. The number of rotatable bonds is 4. The first-order valence-corrected chi connectivity index (χ1v) is 9.05. The number of hydrogen-bond acceptors (Lipinski definition) is 6. The summed E-state index contributed by atoms with van der Waals surface area (Å²) in [7, 11) is 0. The third kappa shape index (κ3) is 3.35. The highest BCUT2D eigenvalue weighted by atomic mass is 19.3. The van der Waals surface area contributed by atoms with Crippen molar-refractivity contribution in [2.24, 2.45) is 0 Å². The minimum atomic E-state index is -2.75. The van der Waals surface area contributed by atoms with E-state index in [1.165, 1.54) is 6.07 Å². The molecule has 1 saturated heterocycles. The van der Waals surface area contributed by atoms with E-state index >= 15 is 0 Å². The SMILES string of the molecule is OC[C@@H]1CN(c2cc(C(F)F)c(-c3ccc4c(c3O)CCC4)nn2)CCO1. The van der Waals surface area contributed by atoms with Gasteiger partial charge in [0, 0.05) is 24.2 Å². The average molecular weight is 377 g/mol. The topological polar surface area (TPSA) is 78.7 Å². The van der Waals surface area contributed by atoms with E-state index in [-0.39, 0.29) is 29.7 Å². The number of aliphatic hydroxyl groups excluding tert-OH is 1. The van der Waals surface area contributed by atoms with Crippen LogP contribution in [0.5, 0.6) is 5.75 Å². The zero-order valence-electron chi connectivity index (χ0n) is 14.7. The zero-order valence-corrected chi connectivity index (χ0v) is 14.7. The van der Waals surface area contributed by atoms with Crippen molar-refractivity contribution < 1.29 is 23.7 Å². The Hall–Kier alpha value is -2.32. The lowest BCUT2D eigenvalue weighted by atomic mass is 9.99.